The molecule has 2 saturated carbocycles. The molecule has 2 aromatic carbocycles. The first-order valence-electron chi connectivity index (χ1n) is 12.4. The Bertz CT molecular complexity index is 919. The van der Waals surface area contributed by atoms with Crippen LogP contribution >= 0.6 is 11.6 Å². The van der Waals surface area contributed by atoms with E-state index in [2.05, 4.69) is 30.3 Å². The third-order valence-corrected chi connectivity index (χ3v) is 8.60. The van der Waals surface area contributed by atoms with Gasteiger partial charge >= 0.3 is 0 Å². The molecule has 172 valence electrons. The fraction of sp³-hybridized carbons (Fsp3) is 0.571. The second-order valence-electron chi connectivity index (χ2n) is 10.5. The molecule has 5 rings (SSSR count). The minimum atomic E-state index is -0.448. The van der Waals surface area contributed by atoms with Gasteiger partial charge in [0.2, 0.25) is 0 Å². The molecule has 3 aliphatic rings. The topological polar surface area (TPSA) is 49.7 Å². The molecule has 2 N–H and O–H groups in total. The van der Waals surface area contributed by atoms with E-state index in [9.17, 15) is 10.2 Å². The summed E-state index contributed by atoms with van der Waals surface area (Å²) in [4.78, 5) is 0. The predicted octanol–water partition coefficient (Wildman–Crippen LogP) is 6.33. The lowest BCUT2D eigenvalue weighted by Gasteiger charge is -2.32. The fourth-order valence-corrected chi connectivity index (χ4v) is 6.64. The Labute approximate surface area is 196 Å². The SMILES string of the molecule is OC[C@@H]1C[C@H](O)C[C@H](c2ccc(Cl)c(Cc3ccc(C4CCC5(CCCC5)C4)cc3)c2)O1. The van der Waals surface area contributed by atoms with Crippen molar-refractivity contribution in [2.45, 2.75) is 88.4 Å². The van der Waals surface area contributed by atoms with E-state index in [0.717, 1.165) is 28.5 Å². The summed E-state index contributed by atoms with van der Waals surface area (Å²) in [7, 11) is 0. The highest BCUT2D eigenvalue weighted by Gasteiger charge is 2.41. The lowest BCUT2D eigenvalue weighted by atomic mass is 9.82. The van der Waals surface area contributed by atoms with Crippen molar-refractivity contribution in [1.82, 2.24) is 0 Å². The standard InChI is InChI=1S/C28H35ClO3/c29-26-8-7-21(27-16-24(31)15-25(18-30)32-27)14-23(26)13-19-3-5-20(6-4-19)22-9-12-28(17-22)10-1-2-11-28/h3-8,14,22,24-25,27,30-31H,1-2,9-13,15-18H2/t22?,24-,25-,27+/m0/s1. The van der Waals surface area contributed by atoms with Gasteiger partial charge in [0.05, 0.1) is 24.9 Å². The highest BCUT2D eigenvalue weighted by Crippen LogP contribution is 2.55. The minimum Gasteiger partial charge on any atom is -0.394 e. The van der Waals surface area contributed by atoms with E-state index < -0.39 is 6.10 Å². The van der Waals surface area contributed by atoms with Gasteiger partial charge in [-0.2, -0.15) is 0 Å². The molecule has 3 nitrogen and oxygen atoms in total. The zero-order chi connectivity index (χ0) is 22.1. The Morgan fingerprint density at radius 3 is 2.47 bits per heavy atom. The number of aliphatic hydroxyl groups excluding tert-OH is 2. The van der Waals surface area contributed by atoms with Crippen molar-refractivity contribution in [3.05, 3.63) is 69.7 Å². The Kier molecular flexibility index (Phi) is 6.63. The zero-order valence-corrected chi connectivity index (χ0v) is 19.6. The summed E-state index contributed by atoms with van der Waals surface area (Å²) in [5, 5.41) is 20.4. The zero-order valence-electron chi connectivity index (χ0n) is 18.8. The van der Waals surface area contributed by atoms with E-state index in [-0.39, 0.29) is 18.8 Å². The van der Waals surface area contributed by atoms with E-state index in [1.165, 1.54) is 56.1 Å². The summed E-state index contributed by atoms with van der Waals surface area (Å²) >= 11 is 6.54. The molecule has 2 aromatic rings. The van der Waals surface area contributed by atoms with E-state index in [1.807, 2.05) is 12.1 Å². The number of hydrogen-bond donors (Lipinski definition) is 2. The maximum Gasteiger partial charge on any atom is 0.0854 e. The van der Waals surface area contributed by atoms with Gasteiger partial charge in [-0.15, -0.1) is 0 Å². The Morgan fingerprint density at radius 2 is 1.72 bits per heavy atom. The van der Waals surface area contributed by atoms with E-state index in [4.69, 9.17) is 16.3 Å². The molecule has 0 aromatic heterocycles. The first-order valence-corrected chi connectivity index (χ1v) is 12.7. The van der Waals surface area contributed by atoms with Crippen LogP contribution in [-0.2, 0) is 11.2 Å². The smallest absolute Gasteiger partial charge is 0.0854 e. The molecular weight excluding hydrogens is 420 g/mol. The molecule has 4 heteroatoms. The van der Waals surface area contributed by atoms with Crippen LogP contribution in [0.2, 0.25) is 5.02 Å². The number of aliphatic hydroxyl groups is 2. The number of halogens is 1. The van der Waals surface area contributed by atoms with Gasteiger partial charge in [0.1, 0.15) is 0 Å². The summed E-state index contributed by atoms with van der Waals surface area (Å²) in [5.41, 5.74) is 5.51. The molecule has 1 aliphatic heterocycles. The molecule has 1 heterocycles. The fourth-order valence-electron chi connectivity index (χ4n) is 6.45. The molecule has 3 fully saturated rings. The number of ether oxygens (including phenoxy) is 1. The molecule has 0 radical (unpaired) electrons. The number of benzene rings is 2. The van der Waals surface area contributed by atoms with Crippen LogP contribution in [0.25, 0.3) is 0 Å². The van der Waals surface area contributed by atoms with Gasteiger partial charge in [-0.3, -0.25) is 0 Å². The van der Waals surface area contributed by atoms with Crippen LogP contribution in [0, 0.1) is 5.41 Å². The second-order valence-corrected chi connectivity index (χ2v) is 10.9. The molecule has 4 atom stereocenters. The third kappa shape index (κ3) is 4.77. The van der Waals surface area contributed by atoms with Gasteiger partial charge < -0.3 is 14.9 Å². The van der Waals surface area contributed by atoms with E-state index >= 15 is 0 Å². The van der Waals surface area contributed by atoms with Gasteiger partial charge in [-0.25, -0.2) is 0 Å². The summed E-state index contributed by atoms with van der Waals surface area (Å²) in [6.07, 6.45) is 10.7. The van der Waals surface area contributed by atoms with Crippen molar-refractivity contribution in [2.24, 2.45) is 5.41 Å². The molecule has 0 bridgehead atoms. The van der Waals surface area contributed by atoms with Gasteiger partial charge in [-0.1, -0.05) is 60.8 Å². The third-order valence-electron chi connectivity index (χ3n) is 8.24. The first-order chi connectivity index (χ1) is 15.5. The lowest BCUT2D eigenvalue weighted by molar-refractivity contribution is -0.113. The molecule has 32 heavy (non-hydrogen) atoms. The average Bonchev–Trinajstić information content (AvgIpc) is 3.45. The van der Waals surface area contributed by atoms with Gasteiger partial charge in [-0.05, 0) is 78.2 Å². The quantitative estimate of drug-likeness (QED) is 0.554. The molecule has 1 unspecified atom stereocenters. The number of rotatable bonds is 5. The monoisotopic (exact) mass is 454 g/mol. The summed E-state index contributed by atoms with van der Waals surface area (Å²) in [6.45, 7) is -0.0670. The van der Waals surface area contributed by atoms with Crippen molar-refractivity contribution >= 4 is 11.6 Å². The maximum absolute atomic E-state index is 10.2. The van der Waals surface area contributed by atoms with Crippen molar-refractivity contribution in [2.75, 3.05) is 6.61 Å². The Balaban J connectivity index is 1.27. The van der Waals surface area contributed by atoms with E-state index in [0.29, 0.717) is 18.3 Å². The lowest BCUT2D eigenvalue weighted by Crippen LogP contribution is -2.33. The van der Waals surface area contributed by atoms with Crippen LogP contribution < -0.4 is 0 Å². The molecule has 1 saturated heterocycles. The van der Waals surface area contributed by atoms with Gasteiger partial charge in [0.15, 0.2) is 0 Å². The van der Waals surface area contributed by atoms with Crippen LogP contribution in [0.5, 0.6) is 0 Å². The van der Waals surface area contributed by atoms with E-state index in [1.54, 1.807) is 0 Å². The highest BCUT2D eigenvalue weighted by atomic mass is 35.5. The van der Waals surface area contributed by atoms with Crippen LogP contribution in [-0.4, -0.2) is 29.0 Å². The van der Waals surface area contributed by atoms with Crippen LogP contribution in [0.3, 0.4) is 0 Å². The maximum atomic E-state index is 10.2. The van der Waals surface area contributed by atoms with Gasteiger partial charge in [0, 0.05) is 17.9 Å². The summed E-state index contributed by atoms with van der Waals surface area (Å²) in [6, 6.07) is 15.2. The average molecular weight is 455 g/mol. The van der Waals surface area contributed by atoms with Crippen molar-refractivity contribution in [3.8, 4) is 0 Å². The largest absolute Gasteiger partial charge is 0.394 e. The molecule has 1 spiro atoms. The van der Waals surface area contributed by atoms with Crippen molar-refractivity contribution < 1.29 is 14.9 Å². The molecular formula is C28H35ClO3. The summed E-state index contributed by atoms with van der Waals surface area (Å²) in [5.74, 6) is 0.725. The Hall–Kier alpha value is -1.39. The Morgan fingerprint density at radius 1 is 0.969 bits per heavy atom. The minimum absolute atomic E-state index is 0.0670. The predicted molar refractivity (Wildman–Crippen MR) is 128 cm³/mol. The van der Waals surface area contributed by atoms with Gasteiger partial charge in [0.25, 0.3) is 0 Å². The van der Waals surface area contributed by atoms with Crippen molar-refractivity contribution in [1.29, 1.82) is 0 Å². The molecule has 2 aliphatic carbocycles. The van der Waals surface area contributed by atoms with Crippen LogP contribution in [0.15, 0.2) is 42.5 Å². The highest BCUT2D eigenvalue weighted by molar-refractivity contribution is 6.31. The first kappa shape index (κ1) is 22.4. The van der Waals surface area contributed by atoms with Crippen LogP contribution in [0.4, 0.5) is 0 Å². The van der Waals surface area contributed by atoms with Crippen molar-refractivity contribution in [3.63, 3.8) is 0 Å². The summed E-state index contributed by atoms with van der Waals surface area (Å²) < 4.78 is 6.00. The molecule has 0 amide bonds. The normalized spacial score (nSPS) is 29.6. The van der Waals surface area contributed by atoms with Crippen LogP contribution in [0.1, 0.15) is 92.1 Å². The number of hydrogen-bond acceptors (Lipinski definition) is 3. The second kappa shape index (κ2) is 9.46.